The lowest BCUT2D eigenvalue weighted by Crippen LogP contribution is -2.48. The van der Waals surface area contributed by atoms with E-state index in [9.17, 15) is 9.59 Å². The van der Waals surface area contributed by atoms with Crippen molar-refractivity contribution in [1.82, 2.24) is 19.7 Å². The number of aromatic nitrogens is 3. The summed E-state index contributed by atoms with van der Waals surface area (Å²) in [6.45, 7) is 6.54. The number of piperidine rings is 1. The molecule has 2 aliphatic rings. The summed E-state index contributed by atoms with van der Waals surface area (Å²) >= 11 is 0. The van der Waals surface area contributed by atoms with Gasteiger partial charge in [0, 0.05) is 32.5 Å². The van der Waals surface area contributed by atoms with Gasteiger partial charge in [0.25, 0.3) is 0 Å². The largest absolute Gasteiger partial charge is 0.370 e. The zero-order valence-corrected chi connectivity index (χ0v) is 20.9. The van der Waals surface area contributed by atoms with Gasteiger partial charge in [0.1, 0.15) is 12.7 Å². The second kappa shape index (κ2) is 12.7. The van der Waals surface area contributed by atoms with Crippen molar-refractivity contribution in [2.75, 3.05) is 13.1 Å². The number of hydrogen-bond acceptors (Lipinski definition) is 4. The van der Waals surface area contributed by atoms with E-state index in [0.717, 1.165) is 44.8 Å². The first kappa shape index (κ1) is 25.9. The van der Waals surface area contributed by atoms with Crippen LogP contribution in [0.2, 0.25) is 0 Å². The Kier molecular flexibility index (Phi) is 9.66. The Morgan fingerprint density at radius 1 is 1.09 bits per heavy atom. The van der Waals surface area contributed by atoms with Gasteiger partial charge in [0.05, 0.1) is 0 Å². The molecule has 0 unspecified atom stereocenters. The SMILES string of the molecule is CCC(N)=O.Cc1ccc(CCC(=O)N2CCC(Cn3cncn3)(C3CCCCC3)CC2)cc1. The summed E-state index contributed by atoms with van der Waals surface area (Å²) in [5, 5.41) is 4.40. The second-order valence-corrected chi connectivity index (χ2v) is 9.98. The number of rotatable bonds is 7. The average Bonchev–Trinajstić information content (AvgIpc) is 3.37. The van der Waals surface area contributed by atoms with E-state index in [4.69, 9.17) is 0 Å². The molecule has 7 nitrogen and oxygen atoms in total. The van der Waals surface area contributed by atoms with Crippen molar-refractivity contribution in [3.8, 4) is 0 Å². The predicted molar refractivity (Wildman–Crippen MR) is 134 cm³/mol. The third-order valence-corrected chi connectivity index (χ3v) is 7.62. The minimum absolute atomic E-state index is 0.245. The molecule has 1 saturated heterocycles. The van der Waals surface area contributed by atoms with E-state index >= 15 is 0 Å². The van der Waals surface area contributed by atoms with Crippen LogP contribution in [0.5, 0.6) is 0 Å². The molecule has 7 heteroatoms. The van der Waals surface area contributed by atoms with Gasteiger partial charge in [-0.25, -0.2) is 4.98 Å². The van der Waals surface area contributed by atoms with Crippen molar-refractivity contribution >= 4 is 11.8 Å². The van der Waals surface area contributed by atoms with Gasteiger partial charge in [-0.3, -0.25) is 14.3 Å². The number of aryl methyl sites for hydroxylation is 2. The van der Waals surface area contributed by atoms with E-state index in [2.05, 4.69) is 51.9 Å². The molecule has 2 aromatic rings. The van der Waals surface area contributed by atoms with Crippen LogP contribution in [0.25, 0.3) is 0 Å². The minimum Gasteiger partial charge on any atom is -0.370 e. The van der Waals surface area contributed by atoms with Crippen molar-refractivity contribution in [3.63, 3.8) is 0 Å². The number of amides is 2. The molecule has 1 aromatic heterocycles. The van der Waals surface area contributed by atoms with Crippen molar-refractivity contribution in [2.45, 2.75) is 84.6 Å². The van der Waals surface area contributed by atoms with Gasteiger partial charge >= 0.3 is 0 Å². The summed E-state index contributed by atoms with van der Waals surface area (Å²) < 4.78 is 2.02. The van der Waals surface area contributed by atoms with Crippen LogP contribution in [0.4, 0.5) is 0 Å². The zero-order chi connectivity index (χ0) is 24.4. The van der Waals surface area contributed by atoms with E-state index < -0.39 is 0 Å². The lowest BCUT2D eigenvalue weighted by molar-refractivity contribution is -0.134. The van der Waals surface area contributed by atoms with Gasteiger partial charge in [-0.1, -0.05) is 56.0 Å². The van der Waals surface area contributed by atoms with Crippen molar-refractivity contribution in [2.24, 2.45) is 17.1 Å². The summed E-state index contributed by atoms with van der Waals surface area (Å²) in [4.78, 5) is 28.7. The first-order valence-electron chi connectivity index (χ1n) is 12.9. The summed E-state index contributed by atoms with van der Waals surface area (Å²) in [5.41, 5.74) is 7.44. The summed E-state index contributed by atoms with van der Waals surface area (Å²) in [6.07, 6.45) is 14.3. The minimum atomic E-state index is -0.245. The maximum Gasteiger partial charge on any atom is 0.222 e. The number of carbonyl (C=O) groups is 2. The first-order valence-corrected chi connectivity index (χ1v) is 12.9. The van der Waals surface area contributed by atoms with Gasteiger partial charge < -0.3 is 10.6 Å². The smallest absolute Gasteiger partial charge is 0.222 e. The number of benzene rings is 1. The van der Waals surface area contributed by atoms with E-state index in [1.165, 1.54) is 43.2 Å². The predicted octanol–water partition coefficient (Wildman–Crippen LogP) is 4.29. The Bertz CT molecular complexity index is 880. The van der Waals surface area contributed by atoms with Gasteiger partial charge in [-0.15, -0.1) is 0 Å². The topological polar surface area (TPSA) is 94.1 Å². The molecule has 0 radical (unpaired) electrons. The fourth-order valence-electron chi connectivity index (χ4n) is 5.41. The van der Waals surface area contributed by atoms with Gasteiger partial charge in [-0.2, -0.15) is 5.10 Å². The van der Waals surface area contributed by atoms with Crippen LogP contribution in [0.3, 0.4) is 0 Å². The highest BCUT2D eigenvalue weighted by Crippen LogP contribution is 2.47. The molecular weight excluding hydrogens is 426 g/mol. The van der Waals surface area contributed by atoms with Crippen molar-refractivity contribution in [3.05, 3.63) is 48.0 Å². The van der Waals surface area contributed by atoms with Crippen LogP contribution in [-0.4, -0.2) is 44.6 Å². The molecule has 186 valence electrons. The Morgan fingerprint density at radius 3 is 2.29 bits per heavy atom. The second-order valence-electron chi connectivity index (χ2n) is 9.98. The summed E-state index contributed by atoms with van der Waals surface area (Å²) in [7, 11) is 0. The molecule has 1 aliphatic heterocycles. The highest BCUT2D eigenvalue weighted by molar-refractivity contribution is 5.76. The number of primary amides is 1. The zero-order valence-electron chi connectivity index (χ0n) is 20.9. The highest BCUT2D eigenvalue weighted by Gasteiger charge is 2.42. The maximum absolute atomic E-state index is 12.8. The molecule has 0 spiro atoms. The Hall–Kier alpha value is -2.70. The normalized spacial score (nSPS) is 18.1. The van der Waals surface area contributed by atoms with E-state index in [1.807, 2.05) is 11.0 Å². The highest BCUT2D eigenvalue weighted by atomic mass is 16.2. The Balaban J connectivity index is 0.000000588. The molecule has 1 aromatic carbocycles. The molecule has 4 rings (SSSR count). The van der Waals surface area contributed by atoms with Crippen LogP contribution >= 0.6 is 0 Å². The van der Waals surface area contributed by atoms with Crippen LogP contribution < -0.4 is 5.73 Å². The molecule has 1 saturated carbocycles. The fourth-order valence-corrected chi connectivity index (χ4v) is 5.41. The Labute approximate surface area is 204 Å². The number of nitrogens with two attached hydrogens (primary N) is 1. The molecule has 34 heavy (non-hydrogen) atoms. The van der Waals surface area contributed by atoms with Crippen molar-refractivity contribution < 1.29 is 9.59 Å². The maximum atomic E-state index is 12.8. The van der Waals surface area contributed by atoms with Crippen LogP contribution in [-0.2, 0) is 22.6 Å². The third-order valence-electron chi connectivity index (χ3n) is 7.62. The van der Waals surface area contributed by atoms with E-state index in [-0.39, 0.29) is 11.3 Å². The number of carbonyl (C=O) groups excluding carboxylic acids is 2. The average molecular weight is 468 g/mol. The van der Waals surface area contributed by atoms with Gasteiger partial charge in [0.15, 0.2) is 0 Å². The standard InChI is InChI=1S/C24H34N4O.C3H7NO/c1-20-7-9-21(10-8-20)11-12-23(29)27-15-13-24(14-16-27,17-28-19-25-18-26-28)22-5-3-2-4-6-22;1-2-3(4)5/h7-10,18-19,22H,2-6,11-17H2,1H3;2H2,1H3,(H2,4,5). The lowest BCUT2D eigenvalue weighted by Gasteiger charge is -2.48. The van der Waals surface area contributed by atoms with Crippen LogP contribution in [0.15, 0.2) is 36.9 Å². The summed E-state index contributed by atoms with van der Waals surface area (Å²) in [6, 6.07) is 8.54. The lowest BCUT2D eigenvalue weighted by atomic mass is 9.63. The molecule has 0 atom stereocenters. The number of nitrogens with zero attached hydrogens (tertiary/aromatic N) is 4. The molecule has 1 aliphatic carbocycles. The first-order chi connectivity index (χ1) is 16.4. The molecule has 2 heterocycles. The van der Waals surface area contributed by atoms with Gasteiger partial charge in [0.2, 0.25) is 11.8 Å². The fraction of sp³-hybridized carbons (Fsp3) is 0.630. The molecule has 2 N–H and O–H groups in total. The van der Waals surface area contributed by atoms with Gasteiger partial charge in [-0.05, 0) is 55.9 Å². The molecular formula is C27H41N5O2. The van der Waals surface area contributed by atoms with Crippen LogP contribution in [0.1, 0.15) is 75.8 Å². The number of hydrogen-bond donors (Lipinski definition) is 1. The Morgan fingerprint density at radius 2 is 1.74 bits per heavy atom. The molecule has 2 fully saturated rings. The molecule has 0 bridgehead atoms. The van der Waals surface area contributed by atoms with E-state index in [1.54, 1.807) is 13.3 Å². The third kappa shape index (κ3) is 7.40. The van der Waals surface area contributed by atoms with Crippen molar-refractivity contribution in [1.29, 1.82) is 0 Å². The summed E-state index contributed by atoms with van der Waals surface area (Å²) in [5.74, 6) is 0.818. The van der Waals surface area contributed by atoms with E-state index in [0.29, 0.717) is 18.7 Å². The van der Waals surface area contributed by atoms with Crippen LogP contribution in [0, 0.1) is 18.3 Å². The monoisotopic (exact) mass is 467 g/mol. The molecule has 2 amide bonds. The quantitative estimate of drug-likeness (QED) is 0.657. The number of likely N-dealkylation sites (tertiary alicyclic amines) is 1.